The normalized spacial score (nSPS) is 16.4. The van der Waals surface area contributed by atoms with E-state index in [1.807, 2.05) is 18.2 Å². The highest BCUT2D eigenvalue weighted by Gasteiger charge is 2.32. The second kappa shape index (κ2) is 5.92. The molecule has 5 nitrogen and oxygen atoms in total. The zero-order chi connectivity index (χ0) is 17.6. The molecule has 4 rings (SSSR count). The standard InChI is InChI=1S/C20H22N4O/c1-12(2)13-6-8-15-14(10-13)7-9-19(15)24(20(21)25)18-5-3-4-17-16(18)11-22-23-17/h3-6,8,10-12,19H,7,9H2,1-2H3,(H2,21,25)(H,22,23). The number of amides is 2. The van der Waals surface area contributed by atoms with Crippen LogP contribution in [0.2, 0.25) is 0 Å². The van der Waals surface area contributed by atoms with Crippen molar-refractivity contribution >= 4 is 22.6 Å². The van der Waals surface area contributed by atoms with Crippen LogP contribution >= 0.6 is 0 Å². The van der Waals surface area contributed by atoms with Crippen molar-refractivity contribution in [3.8, 4) is 0 Å². The van der Waals surface area contributed by atoms with E-state index in [-0.39, 0.29) is 6.04 Å². The van der Waals surface area contributed by atoms with E-state index in [1.165, 1.54) is 16.7 Å². The third-order valence-corrected chi connectivity index (χ3v) is 5.15. The van der Waals surface area contributed by atoms with Gasteiger partial charge in [-0.3, -0.25) is 10.00 Å². The summed E-state index contributed by atoms with van der Waals surface area (Å²) in [5.41, 5.74) is 11.4. The lowest BCUT2D eigenvalue weighted by Gasteiger charge is -2.28. The molecular formula is C20H22N4O. The minimum absolute atomic E-state index is 0.0331. The number of carbonyl (C=O) groups excluding carboxylic acids is 1. The van der Waals surface area contributed by atoms with Gasteiger partial charge in [-0.25, -0.2) is 4.79 Å². The fourth-order valence-corrected chi connectivity index (χ4v) is 3.85. The number of rotatable bonds is 3. The molecule has 2 aromatic carbocycles. The van der Waals surface area contributed by atoms with Gasteiger partial charge >= 0.3 is 6.03 Å². The zero-order valence-electron chi connectivity index (χ0n) is 14.5. The molecular weight excluding hydrogens is 312 g/mol. The Morgan fingerprint density at radius 1 is 1.32 bits per heavy atom. The highest BCUT2D eigenvalue weighted by atomic mass is 16.2. The molecule has 3 N–H and O–H groups in total. The number of nitrogens with one attached hydrogen (secondary N) is 1. The molecule has 0 radical (unpaired) electrons. The van der Waals surface area contributed by atoms with Gasteiger partial charge < -0.3 is 5.73 Å². The molecule has 0 fully saturated rings. The molecule has 1 atom stereocenters. The molecule has 5 heteroatoms. The van der Waals surface area contributed by atoms with Gasteiger partial charge in [-0.1, -0.05) is 38.1 Å². The minimum atomic E-state index is -0.431. The van der Waals surface area contributed by atoms with E-state index >= 15 is 0 Å². The summed E-state index contributed by atoms with van der Waals surface area (Å²) < 4.78 is 0. The fraction of sp³-hybridized carbons (Fsp3) is 0.300. The lowest BCUT2D eigenvalue weighted by atomic mass is 9.97. The van der Waals surface area contributed by atoms with Crippen LogP contribution in [0.4, 0.5) is 10.5 Å². The van der Waals surface area contributed by atoms with E-state index in [0.29, 0.717) is 5.92 Å². The second-order valence-corrected chi connectivity index (χ2v) is 6.98. The van der Waals surface area contributed by atoms with Crippen molar-refractivity contribution in [2.75, 3.05) is 4.90 Å². The molecule has 1 aromatic heterocycles. The third kappa shape index (κ3) is 2.56. The molecule has 0 spiro atoms. The average Bonchev–Trinajstić information content (AvgIpc) is 3.21. The van der Waals surface area contributed by atoms with Gasteiger partial charge in [0.2, 0.25) is 0 Å². The fourth-order valence-electron chi connectivity index (χ4n) is 3.85. The van der Waals surface area contributed by atoms with Crippen LogP contribution in [-0.4, -0.2) is 16.2 Å². The Kier molecular flexibility index (Phi) is 3.71. The minimum Gasteiger partial charge on any atom is -0.351 e. The number of hydrogen-bond acceptors (Lipinski definition) is 2. The van der Waals surface area contributed by atoms with Crippen LogP contribution in [-0.2, 0) is 6.42 Å². The molecule has 1 aliphatic rings. The van der Waals surface area contributed by atoms with Crippen molar-refractivity contribution in [3.63, 3.8) is 0 Å². The van der Waals surface area contributed by atoms with Crippen molar-refractivity contribution in [1.29, 1.82) is 0 Å². The van der Waals surface area contributed by atoms with Gasteiger partial charge in [-0.05, 0) is 47.6 Å². The molecule has 0 saturated carbocycles. The number of anilines is 1. The van der Waals surface area contributed by atoms with Crippen LogP contribution in [0, 0.1) is 0 Å². The Labute approximate surface area is 146 Å². The number of nitrogens with two attached hydrogens (primary N) is 1. The first-order chi connectivity index (χ1) is 12.1. The van der Waals surface area contributed by atoms with E-state index in [9.17, 15) is 4.79 Å². The maximum Gasteiger partial charge on any atom is 0.319 e. The summed E-state index contributed by atoms with van der Waals surface area (Å²) >= 11 is 0. The van der Waals surface area contributed by atoms with Crippen LogP contribution in [0.25, 0.3) is 10.9 Å². The van der Waals surface area contributed by atoms with Gasteiger partial charge in [0.05, 0.1) is 23.4 Å². The molecule has 128 valence electrons. The largest absolute Gasteiger partial charge is 0.351 e. The van der Waals surface area contributed by atoms with Gasteiger partial charge in [-0.2, -0.15) is 5.10 Å². The van der Waals surface area contributed by atoms with Crippen LogP contribution in [0.3, 0.4) is 0 Å². The molecule has 1 unspecified atom stereocenters. The van der Waals surface area contributed by atoms with Crippen molar-refractivity contribution < 1.29 is 4.79 Å². The van der Waals surface area contributed by atoms with Gasteiger partial charge in [0.25, 0.3) is 0 Å². The summed E-state index contributed by atoms with van der Waals surface area (Å²) in [6.45, 7) is 4.40. The molecule has 2 amide bonds. The highest BCUT2D eigenvalue weighted by Crippen LogP contribution is 2.41. The summed E-state index contributed by atoms with van der Waals surface area (Å²) in [4.78, 5) is 14.1. The van der Waals surface area contributed by atoms with Crippen LogP contribution in [0.15, 0.2) is 42.6 Å². The quantitative estimate of drug-likeness (QED) is 0.751. The monoisotopic (exact) mass is 334 g/mol. The van der Waals surface area contributed by atoms with Crippen LogP contribution in [0.1, 0.15) is 48.9 Å². The molecule has 1 aliphatic carbocycles. The number of primary amides is 1. The Hall–Kier alpha value is -2.82. The molecule has 25 heavy (non-hydrogen) atoms. The number of nitrogens with zero attached hydrogens (tertiary/aromatic N) is 2. The first-order valence-electron chi connectivity index (χ1n) is 8.69. The number of aromatic amines is 1. The van der Waals surface area contributed by atoms with Crippen LogP contribution in [0.5, 0.6) is 0 Å². The van der Waals surface area contributed by atoms with Crippen LogP contribution < -0.4 is 10.6 Å². The molecule has 0 bridgehead atoms. The number of aryl methyl sites for hydroxylation is 1. The van der Waals surface area contributed by atoms with Gasteiger partial charge in [0.15, 0.2) is 0 Å². The van der Waals surface area contributed by atoms with E-state index < -0.39 is 6.03 Å². The second-order valence-electron chi connectivity index (χ2n) is 6.98. The summed E-state index contributed by atoms with van der Waals surface area (Å²) in [6, 6.07) is 11.9. The first-order valence-corrected chi connectivity index (χ1v) is 8.69. The number of urea groups is 1. The summed E-state index contributed by atoms with van der Waals surface area (Å²) in [7, 11) is 0. The smallest absolute Gasteiger partial charge is 0.319 e. The first kappa shape index (κ1) is 15.7. The number of hydrogen-bond donors (Lipinski definition) is 2. The Morgan fingerprint density at radius 3 is 2.92 bits per heavy atom. The molecule has 0 aliphatic heterocycles. The maximum atomic E-state index is 12.4. The number of carbonyl (C=O) groups is 1. The van der Waals surface area contributed by atoms with Gasteiger partial charge in [-0.15, -0.1) is 0 Å². The maximum absolute atomic E-state index is 12.4. The highest BCUT2D eigenvalue weighted by molar-refractivity contribution is 6.02. The van der Waals surface area contributed by atoms with Crippen molar-refractivity contribution in [1.82, 2.24) is 10.2 Å². The third-order valence-electron chi connectivity index (χ3n) is 5.15. The van der Waals surface area contributed by atoms with Crippen molar-refractivity contribution in [3.05, 3.63) is 59.3 Å². The predicted octanol–water partition coefficient (Wildman–Crippen LogP) is 4.26. The summed E-state index contributed by atoms with van der Waals surface area (Å²) in [5.74, 6) is 0.497. The summed E-state index contributed by atoms with van der Waals surface area (Å²) in [6.07, 6.45) is 3.60. The Balaban J connectivity index is 1.80. The lowest BCUT2D eigenvalue weighted by Crippen LogP contribution is -2.38. The number of H-pyrrole nitrogens is 1. The summed E-state index contributed by atoms with van der Waals surface area (Å²) in [5, 5.41) is 7.97. The number of benzene rings is 2. The number of fused-ring (bicyclic) bond motifs is 2. The molecule has 1 heterocycles. The SMILES string of the molecule is CC(C)c1ccc2c(c1)CCC2N(C(N)=O)c1cccc2[nH]ncc12. The van der Waals surface area contributed by atoms with E-state index in [0.717, 1.165) is 29.4 Å². The Morgan fingerprint density at radius 2 is 2.16 bits per heavy atom. The molecule has 3 aromatic rings. The van der Waals surface area contributed by atoms with Crippen molar-refractivity contribution in [2.24, 2.45) is 5.73 Å². The Bertz CT molecular complexity index is 944. The lowest BCUT2D eigenvalue weighted by molar-refractivity contribution is 0.251. The average molecular weight is 334 g/mol. The van der Waals surface area contributed by atoms with E-state index in [1.54, 1.807) is 11.1 Å². The van der Waals surface area contributed by atoms with Gasteiger partial charge in [0.1, 0.15) is 0 Å². The zero-order valence-corrected chi connectivity index (χ0v) is 14.5. The predicted molar refractivity (Wildman–Crippen MR) is 99.7 cm³/mol. The topological polar surface area (TPSA) is 75.0 Å². The van der Waals surface area contributed by atoms with Gasteiger partial charge in [0, 0.05) is 5.39 Å². The van der Waals surface area contributed by atoms with E-state index in [4.69, 9.17) is 5.73 Å². The van der Waals surface area contributed by atoms with E-state index in [2.05, 4.69) is 42.2 Å². The van der Waals surface area contributed by atoms with Crippen molar-refractivity contribution in [2.45, 2.75) is 38.6 Å². The number of aromatic nitrogens is 2. The molecule has 0 saturated heterocycles.